The molecule has 0 bridgehead atoms. The van der Waals surface area contributed by atoms with Crippen molar-refractivity contribution in [3.05, 3.63) is 39.8 Å². The van der Waals surface area contributed by atoms with E-state index in [9.17, 15) is 4.79 Å². The molecule has 15 heavy (non-hydrogen) atoms. The minimum absolute atomic E-state index is 0.267. The standard InChI is InChI=1S/C10H10N2O2S/c1-7-5-11-12(9(7)10(13)14)6-8-3-2-4-15-8/h2-5H,6H2,1H3,(H,13,14). The van der Waals surface area contributed by atoms with Crippen molar-refractivity contribution in [3.8, 4) is 0 Å². The second kappa shape index (κ2) is 3.86. The molecule has 0 aromatic carbocycles. The van der Waals surface area contributed by atoms with E-state index in [-0.39, 0.29) is 5.69 Å². The van der Waals surface area contributed by atoms with Gasteiger partial charge in [0.15, 0.2) is 0 Å². The van der Waals surface area contributed by atoms with Crippen LogP contribution in [0.5, 0.6) is 0 Å². The second-order valence-electron chi connectivity index (χ2n) is 3.22. The molecule has 0 aliphatic carbocycles. The number of carboxylic acid groups (broad SMARTS) is 1. The van der Waals surface area contributed by atoms with Crippen LogP contribution in [-0.4, -0.2) is 20.9 Å². The molecule has 78 valence electrons. The van der Waals surface area contributed by atoms with Crippen LogP contribution < -0.4 is 0 Å². The molecule has 0 aliphatic rings. The number of carbonyl (C=O) groups is 1. The molecule has 0 unspecified atom stereocenters. The summed E-state index contributed by atoms with van der Waals surface area (Å²) in [4.78, 5) is 12.1. The molecule has 2 heterocycles. The number of hydrogen-bond donors (Lipinski definition) is 1. The number of nitrogens with zero attached hydrogens (tertiary/aromatic N) is 2. The molecule has 4 nitrogen and oxygen atoms in total. The summed E-state index contributed by atoms with van der Waals surface area (Å²) in [6.07, 6.45) is 1.58. The summed E-state index contributed by atoms with van der Waals surface area (Å²) in [5.74, 6) is -0.929. The van der Waals surface area contributed by atoms with Crippen LogP contribution in [-0.2, 0) is 6.54 Å². The van der Waals surface area contributed by atoms with Gasteiger partial charge in [-0.1, -0.05) is 6.07 Å². The van der Waals surface area contributed by atoms with Crippen molar-refractivity contribution in [3.63, 3.8) is 0 Å². The molecule has 0 saturated carbocycles. The van der Waals surface area contributed by atoms with Gasteiger partial charge in [0, 0.05) is 10.4 Å². The first-order valence-electron chi connectivity index (χ1n) is 4.46. The van der Waals surface area contributed by atoms with E-state index in [0.717, 1.165) is 4.88 Å². The quantitative estimate of drug-likeness (QED) is 0.864. The Morgan fingerprint density at radius 2 is 2.47 bits per heavy atom. The van der Waals surface area contributed by atoms with Gasteiger partial charge in [0.25, 0.3) is 0 Å². The summed E-state index contributed by atoms with van der Waals surface area (Å²) in [6, 6.07) is 3.91. The van der Waals surface area contributed by atoms with E-state index < -0.39 is 5.97 Å². The average Bonchev–Trinajstić information content (AvgIpc) is 2.76. The number of aromatic carboxylic acids is 1. The molecule has 0 radical (unpaired) electrons. The lowest BCUT2D eigenvalue weighted by molar-refractivity contribution is 0.0683. The number of aromatic nitrogens is 2. The molecule has 0 amide bonds. The lowest BCUT2D eigenvalue weighted by Crippen LogP contribution is -2.11. The molecule has 1 N–H and O–H groups in total. The van der Waals surface area contributed by atoms with E-state index in [2.05, 4.69) is 5.10 Å². The molecule has 2 aromatic heterocycles. The number of hydrogen-bond acceptors (Lipinski definition) is 3. The van der Waals surface area contributed by atoms with Gasteiger partial charge in [0.1, 0.15) is 5.69 Å². The largest absolute Gasteiger partial charge is 0.477 e. The van der Waals surface area contributed by atoms with Crippen molar-refractivity contribution in [2.75, 3.05) is 0 Å². The van der Waals surface area contributed by atoms with Crippen molar-refractivity contribution in [1.29, 1.82) is 0 Å². The highest BCUT2D eigenvalue weighted by molar-refractivity contribution is 7.09. The fourth-order valence-corrected chi connectivity index (χ4v) is 2.11. The molecule has 0 atom stereocenters. The highest BCUT2D eigenvalue weighted by Gasteiger charge is 2.14. The van der Waals surface area contributed by atoms with Gasteiger partial charge in [-0.25, -0.2) is 4.79 Å². The van der Waals surface area contributed by atoms with Crippen LogP contribution in [0.2, 0.25) is 0 Å². The molecule has 0 saturated heterocycles. The van der Waals surface area contributed by atoms with Crippen molar-refractivity contribution in [2.45, 2.75) is 13.5 Å². The summed E-state index contributed by atoms with van der Waals surface area (Å²) in [6.45, 7) is 2.27. The van der Waals surface area contributed by atoms with Gasteiger partial charge in [-0.3, -0.25) is 4.68 Å². The van der Waals surface area contributed by atoms with Crippen LogP contribution in [0.3, 0.4) is 0 Å². The third kappa shape index (κ3) is 1.92. The Balaban J connectivity index is 2.33. The number of aryl methyl sites for hydroxylation is 1. The summed E-state index contributed by atoms with van der Waals surface area (Å²) >= 11 is 1.59. The molecule has 2 aromatic rings. The molecule has 0 spiro atoms. The third-order valence-corrected chi connectivity index (χ3v) is 2.97. The Hall–Kier alpha value is -1.62. The maximum Gasteiger partial charge on any atom is 0.354 e. The fraction of sp³-hybridized carbons (Fsp3) is 0.200. The van der Waals surface area contributed by atoms with Crippen LogP contribution in [0.4, 0.5) is 0 Å². The maximum absolute atomic E-state index is 11.0. The van der Waals surface area contributed by atoms with Crippen LogP contribution in [0.1, 0.15) is 20.9 Å². The minimum atomic E-state index is -0.929. The van der Waals surface area contributed by atoms with Crippen molar-refractivity contribution in [2.24, 2.45) is 0 Å². The highest BCUT2D eigenvalue weighted by Crippen LogP contribution is 2.13. The first kappa shape index (κ1) is 9.92. The average molecular weight is 222 g/mol. The van der Waals surface area contributed by atoms with Gasteiger partial charge < -0.3 is 5.11 Å². The first-order valence-corrected chi connectivity index (χ1v) is 5.34. The number of rotatable bonds is 3. The zero-order valence-electron chi connectivity index (χ0n) is 8.17. The van der Waals surface area contributed by atoms with Gasteiger partial charge in [-0.2, -0.15) is 5.10 Å². The lowest BCUT2D eigenvalue weighted by Gasteiger charge is -2.02. The predicted octanol–water partition coefficient (Wildman–Crippen LogP) is 2.00. The first-order chi connectivity index (χ1) is 7.18. The van der Waals surface area contributed by atoms with Crippen LogP contribution in [0.25, 0.3) is 0 Å². The Bertz CT molecular complexity index is 474. The molecule has 0 fully saturated rings. The summed E-state index contributed by atoms with van der Waals surface area (Å²) in [5, 5.41) is 15.0. The van der Waals surface area contributed by atoms with E-state index in [4.69, 9.17) is 5.11 Å². The number of thiophene rings is 1. The van der Waals surface area contributed by atoms with E-state index in [1.807, 2.05) is 17.5 Å². The summed E-state index contributed by atoms with van der Waals surface area (Å²) < 4.78 is 1.52. The maximum atomic E-state index is 11.0. The van der Waals surface area contributed by atoms with Gasteiger partial charge in [0.05, 0.1) is 12.7 Å². The summed E-state index contributed by atoms with van der Waals surface area (Å²) in [7, 11) is 0. The van der Waals surface area contributed by atoms with Gasteiger partial charge in [-0.15, -0.1) is 11.3 Å². The molecular formula is C10H10N2O2S. The smallest absolute Gasteiger partial charge is 0.354 e. The molecule has 0 aliphatic heterocycles. The van der Waals surface area contributed by atoms with Crippen LogP contribution in [0.15, 0.2) is 23.7 Å². The van der Waals surface area contributed by atoms with Crippen LogP contribution in [0, 0.1) is 6.92 Å². The topological polar surface area (TPSA) is 55.1 Å². The Morgan fingerprint density at radius 1 is 1.67 bits per heavy atom. The second-order valence-corrected chi connectivity index (χ2v) is 4.25. The van der Waals surface area contributed by atoms with Crippen LogP contribution >= 0.6 is 11.3 Å². The fourth-order valence-electron chi connectivity index (χ4n) is 1.43. The normalized spacial score (nSPS) is 10.5. The van der Waals surface area contributed by atoms with Crippen molar-refractivity contribution < 1.29 is 9.90 Å². The number of carboxylic acids is 1. The summed E-state index contributed by atoms with van der Waals surface area (Å²) in [5.41, 5.74) is 0.961. The van der Waals surface area contributed by atoms with Gasteiger partial charge in [0.2, 0.25) is 0 Å². The Labute approximate surface area is 90.8 Å². The highest BCUT2D eigenvalue weighted by atomic mass is 32.1. The predicted molar refractivity (Wildman–Crippen MR) is 57.3 cm³/mol. The van der Waals surface area contributed by atoms with E-state index >= 15 is 0 Å². The van der Waals surface area contributed by atoms with Crippen molar-refractivity contribution >= 4 is 17.3 Å². The lowest BCUT2D eigenvalue weighted by atomic mass is 10.3. The molecule has 2 rings (SSSR count). The minimum Gasteiger partial charge on any atom is -0.477 e. The van der Waals surface area contributed by atoms with Crippen molar-refractivity contribution in [1.82, 2.24) is 9.78 Å². The van der Waals surface area contributed by atoms with Gasteiger partial charge >= 0.3 is 5.97 Å². The monoisotopic (exact) mass is 222 g/mol. The zero-order chi connectivity index (χ0) is 10.8. The van der Waals surface area contributed by atoms with E-state index in [0.29, 0.717) is 12.1 Å². The zero-order valence-corrected chi connectivity index (χ0v) is 8.99. The van der Waals surface area contributed by atoms with Gasteiger partial charge in [-0.05, 0) is 18.4 Å². The molecule has 5 heteroatoms. The van der Waals surface area contributed by atoms with E-state index in [1.165, 1.54) is 4.68 Å². The SMILES string of the molecule is Cc1cnn(Cc2cccs2)c1C(=O)O. The Morgan fingerprint density at radius 3 is 3.07 bits per heavy atom. The molecular weight excluding hydrogens is 212 g/mol. The Kier molecular flexibility index (Phi) is 2.55. The van der Waals surface area contributed by atoms with E-state index in [1.54, 1.807) is 24.5 Å². The third-order valence-electron chi connectivity index (χ3n) is 2.11.